The van der Waals surface area contributed by atoms with Crippen LogP contribution in [-0.4, -0.2) is 0 Å². The van der Waals surface area contributed by atoms with Crippen molar-refractivity contribution < 1.29 is 0 Å². The largest absolute Gasteiger partial charge is 0.0764 e. The Morgan fingerprint density at radius 2 is 1.46 bits per heavy atom. The molecule has 0 saturated heterocycles. The van der Waals surface area contributed by atoms with Crippen LogP contribution in [0.3, 0.4) is 0 Å². The maximum Gasteiger partial charge on any atom is 0.00555 e. The zero-order valence-corrected chi connectivity index (χ0v) is 16.1. The second-order valence-electron chi connectivity index (χ2n) is 8.09. The molecular formula is C26H30. The third kappa shape index (κ3) is 3.30. The van der Waals surface area contributed by atoms with Gasteiger partial charge in [-0.15, -0.1) is 0 Å². The normalized spacial score (nSPS) is 22.2. The molecule has 0 fully saturated rings. The van der Waals surface area contributed by atoms with Crippen molar-refractivity contribution in [2.24, 2.45) is 11.8 Å². The van der Waals surface area contributed by atoms with Gasteiger partial charge in [0.15, 0.2) is 0 Å². The van der Waals surface area contributed by atoms with Gasteiger partial charge in [-0.1, -0.05) is 99.5 Å². The van der Waals surface area contributed by atoms with Crippen molar-refractivity contribution in [1.29, 1.82) is 0 Å². The summed E-state index contributed by atoms with van der Waals surface area (Å²) in [4.78, 5) is 0. The summed E-state index contributed by atoms with van der Waals surface area (Å²) in [5.74, 6) is 2.70. The van der Waals surface area contributed by atoms with Crippen LogP contribution >= 0.6 is 0 Å². The van der Waals surface area contributed by atoms with Gasteiger partial charge in [-0.3, -0.25) is 0 Å². The lowest BCUT2D eigenvalue weighted by Crippen LogP contribution is -2.18. The van der Waals surface area contributed by atoms with Gasteiger partial charge in [-0.05, 0) is 46.9 Å². The number of benzene rings is 2. The number of allylic oxidation sites excluding steroid dienone is 2. The molecule has 2 aromatic carbocycles. The lowest BCUT2D eigenvalue weighted by molar-refractivity contribution is 0.283. The second kappa shape index (κ2) is 7.66. The van der Waals surface area contributed by atoms with E-state index in [-0.39, 0.29) is 0 Å². The lowest BCUT2D eigenvalue weighted by Gasteiger charge is -2.29. The molecule has 0 N–H and O–H groups in total. The molecule has 2 aliphatic rings. The van der Waals surface area contributed by atoms with Crippen LogP contribution in [0.15, 0.2) is 60.7 Å². The molecule has 2 aliphatic carbocycles. The molecule has 4 unspecified atom stereocenters. The third-order valence-electron chi connectivity index (χ3n) is 6.56. The van der Waals surface area contributed by atoms with Crippen LogP contribution < -0.4 is 0 Å². The van der Waals surface area contributed by atoms with Gasteiger partial charge in [-0.25, -0.2) is 0 Å². The molecule has 0 saturated carbocycles. The topological polar surface area (TPSA) is 0 Å². The summed E-state index contributed by atoms with van der Waals surface area (Å²) in [7, 11) is 0. The molecule has 0 aliphatic heterocycles. The van der Waals surface area contributed by atoms with Crippen molar-refractivity contribution in [2.45, 2.75) is 51.4 Å². The van der Waals surface area contributed by atoms with E-state index in [1.807, 2.05) is 0 Å². The minimum absolute atomic E-state index is 0.592. The Morgan fingerprint density at radius 3 is 2.23 bits per heavy atom. The Morgan fingerprint density at radius 1 is 0.808 bits per heavy atom. The maximum atomic E-state index is 2.48. The van der Waals surface area contributed by atoms with E-state index < -0.39 is 0 Å². The van der Waals surface area contributed by atoms with Crippen LogP contribution in [0.4, 0.5) is 0 Å². The summed E-state index contributed by atoms with van der Waals surface area (Å²) in [5.41, 5.74) is 5.91. The summed E-state index contributed by atoms with van der Waals surface area (Å²) >= 11 is 0. The molecule has 0 amide bonds. The van der Waals surface area contributed by atoms with Crippen LogP contribution in [0, 0.1) is 11.8 Å². The Bertz CT molecular complexity index is 810. The average Bonchev–Trinajstić information content (AvgIpc) is 3.29. The van der Waals surface area contributed by atoms with Crippen LogP contribution in [-0.2, 0) is 0 Å². The first-order chi connectivity index (χ1) is 12.8. The molecule has 0 nitrogen and oxygen atoms in total. The molecule has 26 heavy (non-hydrogen) atoms. The van der Waals surface area contributed by atoms with Crippen LogP contribution in [0.5, 0.6) is 0 Å². The van der Waals surface area contributed by atoms with E-state index in [4.69, 9.17) is 0 Å². The smallest absolute Gasteiger partial charge is 0.00555 e. The van der Waals surface area contributed by atoms with Crippen molar-refractivity contribution in [3.05, 3.63) is 82.9 Å². The second-order valence-corrected chi connectivity index (χ2v) is 8.09. The zero-order chi connectivity index (χ0) is 17.9. The third-order valence-corrected chi connectivity index (χ3v) is 6.56. The monoisotopic (exact) mass is 342 g/mol. The highest BCUT2D eigenvalue weighted by Gasteiger charge is 2.29. The van der Waals surface area contributed by atoms with Gasteiger partial charge in [0.25, 0.3) is 0 Å². The minimum atomic E-state index is 0.592. The summed E-state index contributed by atoms with van der Waals surface area (Å²) in [5, 5.41) is 0. The predicted molar refractivity (Wildman–Crippen MR) is 113 cm³/mol. The highest BCUT2D eigenvalue weighted by molar-refractivity contribution is 5.63. The number of hydrogen-bond acceptors (Lipinski definition) is 0. The molecule has 0 heteroatoms. The van der Waals surface area contributed by atoms with Gasteiger partial charge >= 0.3 is 0 Å². The van der Waals surface area contributed by atoms with Crippen molar-refractivity contribution in [3.63, 3.8) is 0 Å². The molecule has 0 aromatic heterocycles. The van der Waals surface area contributed by atoms with E-state index in [0.29, 0.717) is 17.8 Å². The van der Waals surface area contributed by atoms with E-state index >= 15 is 0 Å². The highest BCUT2D eigenvalue weighted by atomic mass is 14.3. The Balaban J connectivity index is 1.45. The summed E-state index contributed by atoms with van der Waals surface area (Å²) in [6.45, 7) is 4.82. The molecule has 4 atom stereocenters. The molecular weight excluding hydrogens is 312 g/mol. The first kappa shape index (κ1) is 17.3. The highest BCUT2D eigenvalue weighted by Crippen LogP contribution is 2.43. The van der Waals surface area contributed by atoms with Crippen LogP contribution in [0.2, 0.25) is 0 Å². The van der Waals surface area contributed by atoms with E-state index in [0.717, 1.165) is 5.92 Å². The maximum absolute atomic E-state index is 2.48. The number of fused-ring (bicyclic) bond motifs is 2. The Kier molecular flexibility index (Phi) is 5.11. The minimum Gasteiger partial charge on any atom is -0.0764 e. The fourth-order valence-electron chi connectivity index (χ4n) is 5.04. The first-order valence-corrected chi connectivity index (χ1v) is 10.3. The fourth-order valence-corrected chi connectivity index (χ4v) is 5.04. The van der Waals surface area contributed by atoms with Crippen LogP contribution in [0.1, 0.15) is 73.6 Å². The Labute approximate surface area is 158 Å². The fraction of sp³-hybridized carbons (Fsp3) is 0.385. The van der Waals surface area contributed by atoms with Crippen molar-refractivity contribution in [3.8, 4) is 0 Å². The molecule has 134 valence electrons. The SMILES string of the molecule is CCCC(CCC1C=Cc2ccccc21)C(C)C1C=Cc2ccccc21. The number of rotatable bonds is 7. The zero-order valence-electron chi connectivity index (χ0n) is 16.1. The van der Waals surface area contributed by atoms with Gasteiger partial charge in [-0.2, -0.15) is 0 Å². The summed E-state index contributed by atoms with van der Waals surface area (Å²) in [6, 6.07) is 17.8. The summed E-state index contributed by atoms with van der Waals surface area (Å²) in [6.07, 6.45) is 14.7. The van der Waals surface area contributed by atoms with Crippen molar-refractivity contribution in [1.82, 2.24) is 0 Å². The summed E-state index contributed by atoms with van der Waals surface area (Å²) < 4.78 is 0. The molecule has 0 radical (unpaired) electrons. The van der Waals surface area contributed by atoms with E-state index in [2.05, 4.69) is 86.7 Å². The predicted octanol–water partition coefficient (Wildman–Crippen LogP) is 7.44. The van der Waals surface area contributed by atoms with Gasteiger partial charge < -0.3 is 0 Å². The number of hydrogen-bond donors (Lipinski definition) is 0. The molecule has 0 heterocycles. The standard InChI is InChI=1S/C26H30/c1-3-8-20(13-14-23-16-15-21-9-4-6-11-25(21)23)19(2)24-18-17-22-10-5-7-12-26(22)24/h4-7,9-12,15-20,23-24H,3,8,13-14H2,1-2H3. The molecule has 2 aromatic rings. The first-order valence-electron chi connectivity index (χ1n) is 10.3. The lowest BCUT2D eigenvalue weighted by atomic mass is 9.75. The van der Waals surface area contributed by atoms with Crippen molar-refractivity contribution >= 4 is 12.2 Å². The van der Waals surface area contributed by atoms with Gasteiger partial charge in [0, 0.05) is 11.8 Å². The van der Waals surface area contributed by atoms with Crippen molar-refractivity contribution in [2.75, 3.05) is 0 Å². The van der Waals surface area contributed by atoms with Gasteiger partial charge in [0.05, 0.1) is 0 Å². The van der Waals surface area contributed by atoms with E-state index in [9.17, 15) is 0 Å². The van der Waals surface area contributed by atoms with Crippen LogP contribution in [0.25, 0.3) is 12.2 Å². The van der Waals surface area contributed by atoms with E-state index in [1.165, 1.54) is 47.9 Å². The van der Waals surface area contributed by atoms with E-state index in [1.54, 1.807) is 0 Å². The van der Waals surface area contributed by atoms with Gasteiger partial charge in [0.2, 0.25) is 0 Å². The molecule has 0 bridgehead atoms. The molecule has 0 spiro atoms. The van der Waals surface area contributed by atoms with Gasteiger partial charge in [0.1, 0.15) is 0 Å². The quantitative estimate of drug-likeness (QED) is 0.490. The average molecular weight is 343 g/mol. The Hall–Kier alpha value is -2.08. The molecule has 4 rings (SSSR count).